The van der Waals surface area contributed by atoms with Gasteiger partial charge in [0.05, 0.1) is 12.6 Å². The van der Waals surface area contributed by atoms with E-state index >= 15 is 0 Å². The Morgan fingerprint density at radius 2 is 2.05 bits per heavy atom. The van der Waals surface area contributed by atoms with Crippen molar-refractivity contribution in [2.45, 2.75) is 13.0 Å². The van der Waals surface area contributed by atoms with Crippen molar-refractivity contribution >= 4 is 17.5 Å². The van der Waals surface area contributed by atoms with Crippen LogP contribution in [0.3, 0.4) is 0 Å². The minimum absolute atomic E-state index is 0.0280. The summed E-state index contributed by atoms with van der Waals surface area (Å²) in [6.07, 6.45) is 1.66. The molecule has 100 valence electrons. The maximum Gasteiger partial charge on any atom is 0.226 e. The van der Waals surface area contributed by atoms with Crippen molar-refractivity contribution in [2.75, 3.05) is 17.8 Å². The Morgan fingerprint density at radius 3 is 2.74 bits per heavy atom. The molecule has 2 rings (SSSR count). The molecule has 0 spiro atoms. The molecule has 0 aliphatic carbocycles. The summed E-state index contributed by atoms with van der Waals surface area (Å²) >= 11 is 6.00. The predicted molar refractivity (Wildman–Crippen MR) is 76.7 cm³/mol. The standard InChI is InChI=1S/C14H16ClN3O/c1-2-19-13-8-9-16-14(18-13)17-12(10-15)11-6-4-3-5-7-11/h3-9,12H,2,10H2,1H3,(H,16,17,18). The molecule has 0 bridgehead atoms. The van der Waals surface area contributed by atoms with Gasteiger partial charge in [-0.25, -0.2) is 4.98 Å². The molecule has 1 unspecified atom stereocenters. The molecule has 1 aromatic carbocycles. The van der Waals surface area contributed by atoms with Crippen LogP contribution in [0.4, 0.5) is 5.95 Å². The van der Waals surface area contributed by atoms with Crippen molar-refractivity contribution in [3.63, 3.8) is 0 Å². The van der Waals surface area contributed by atoms with E-state index in [2.05, 4.69) is 15.3 Å². The van der Waals surface area contributed by atoms with Crippen molar-refractivity contribution in [2.24, 2.45) is 0 Å². The summed E-state index contributed by atoms with van der Waals surface area (Å²) in [5.74, 6) is 1.51. The molecular weight excluding hydrogens is 262 g/mol. The molecule has 0 fully saturated rings. The first kappa shape index (κ1) is 13.6. The van der Waals surface area contributed by atoms with E-state index in [0.717, 1.165) is 5.56 Å². The van der Waals surface area contributed by atoms with Crippen molar-refractivity contribution in [1.29, 1.82) is 0 Å². The zero-order valence-corrected chi connectivity index (χ0v) is 11.5. The Kier molecular flexibility index (Phi) is 4.98. The van der Waals surface area contributed by atoms with Gasteiger partial charge in [-0.1, -0.05) is 30.3 Å². The van der Waals surface area contributed by atoms with Gasteiger partial charge in [0.1, 0.15) is 0 Å². The van der Waals surface area contributed by atoms with Crippen LogP contribution in [-0.2, 0) is 0 Å². The number of benzene rings is 1. The van der Waals surface area contributed by atoms with Crippen LogP contribution in [0.15, 0.2) is 42.6 Å². The summed E-state index contributed by atoms with van der Waals surface area (Å²) < 4.78 is 5.34. The van der Waals surface area contributed by atoms with Gasteiger partial charge < -0.3 is 10.1 Å². The third-order valence-corrected chi connectivity index (χ3v) is 2.89. The fourth-order valence-corrected chi connectivity index (χ4v) is 1.95. The van der Waals surface area contributed by atoms with Gasteiger partial charge in [0.2, 0.25) is 11.8 Å². The second-order valence-electron chi connectivity index (χ2n) is 3.91. The Balaban J connectivity index is 2.12. The highest BCUT2D eigenvalue weighted by molar-refractivity contribution is 6.18. The molecule has 1 aromatic heterocycles. The number of hydrogen-bond donors (Lipinski definition) is 1. The molecule has 0 aliphatic rings. The van der Waals surface area contributed by atoms with Crippen LogP contribution in [0.25, 0.3) is 0 Å². The van der Waals surface area contributed by atoms with Crippen LogP contribution >= 0.6 is 11.6 Å². The van der Waals surface area contributed by atoms with Crippen LogP contribution in [0, 0.1) is 0 Å². The first-order valence-corrected chi connectivity index (χ1v) is 6.70. The molecule has 0 saturated carbocycles. The maximum atomic E-state index is 6.00. The van der Waals surface area contributed by atoms with Gasteiger partial charge in [0.25, 0.3) is 0 Å². The van der Waals surface area contributed by atoms with E-state index in [1.165, 1.54) is 0 Å². The highest BCUT2D eigenvalue weighted by Gasteiger charge is 2.11. The lowest BCUT2D eigenvalue weighted by molar-refractivity contribution is 0.326. The smallest absolute Gasteiger partial charge is 0.226 e. The van der Waals surface area contributed by atoms with Crippen molar-refractivity contribution < 1.29 is 4.74 Å². The number of nitrogens with one attached hydrogen (secondary N) is 1. The van der Waals surface area contributed by atoms with E-state index in [9.17, 15) is 0 Å². The molecule has 2 aromatic rings. The van der Waals surface area contributed by atoms with Crippen LogP contribution < -0.4 is 10.1 Å². The maximum absolute atomic E-state index is 6.00. The van der Waals surface area contributed by atoms with Gasteiger partial charge in [0.15, 0.2) is 0 Å². The van der Waals surface area contributed by atoms with Crippen LogP contribution in [0.5, 0.6) is 5.88 Å². The number of alkyl halides is 1. The molecule has 0 radical (unpaired) electrons. The highest BCUT2D eigenvalue weighted by Crippen LogP contribution is 2.19. The third kappa shape index (κ3) is 3.83. The normalized spacial score (nSPS) is 11.9. The van der Waals surface area contributed by atoms with E-state index in [1.807, 2.05) is 37.3 Å². The molecule has 19 heavy (non-hydrogen) atoms. The molecule has 0 saturated heterocycles. The summed E-state index contributed by atoms with van der Waals surface area (Å²) in [7, 11) is 0. The number of aromatic nitrogens is 2. The number of halogens is 1. The summed E-state index contributed by atoms with van der Waals surface area (Å²) in [4.78, 5) is 8.45. The number of rotatable bonds is 6. The SMILES string of the molecule is CCOc1ccnc(NC(CCl)c2ccccc2)n1. The molecule has 4 nitrogen and oxygen atoms in total. The minimum Gasteiger partial charge on any atom is -0.478 e. The first-order chi connectivity index (χ1) is 9.33. The largest absolute Gasteiger partial charge is 0.478 e. The van der Waals surface area contributed by atoms with Crippen LogP contribution in [0.1, 0.15) is 18.5 Å². The molecule has 1 atom stereocenters. The van der Waals surface area contributed by atoms with Crippen molar-refractivity contribution in [3.8, 4) is 5.88 Å². The fourth-order valence-electron chi connectivity index (χ4n) is 1.69. The molecule has 1 heterocycles. The van der Waals surface area contributed by atoms with E-state index in [-0.39, 0.29) is 6.04 Å². The Morgan fingerprint density at radius 1 is 1.26 bits per heavy atom. The highest BCUT2D eigenvalue weighted by atomic mass is 35.5. The van der Waals surface area contributed by atoms with Gasteiger partial charge in [0, 0.05) is 18.1 Å². The van der Waals surface area contributed by atoms with E-state index < -0.39 is 0 Å². The summed E-state index contributed by atoms with van der Waals surface area (Å²) in [5, 5.41) is 3.21. The topological polar surface area (TPSA) is 47.0 Å². The fraction of sp³-hybridized carbons (Fsp3) is 0.286. The number of hydrogen-bond acceptors (Lipinski definition) is 4. The Bertz CT molecular complexity index is 507. The number of nitrogens with zero attached hydrogens (tertiary/aromatic N) is 2. The van der Waals surface area contributed by atoms with Crippen molar-refractivity contribution in [3.05, 3.63) is 48.2 Å². The van der Waals surface area contributed by atoms with Crippen LogP contribution in [0.2, 0.25) is 0 Å². The predicted octanol–water partition coefficient (Wildman–Crippen LogP) is 3.27. The summed E-state index contributed by atoms with van der Waals surface area (Å²) in [6, 6.07) is 11.7. The zero-order chi connectivity index (χ0) is 13.5. The number of ether oxygens (including phenoxy) is 1. The zero-order valence-electron chi connectivity index (χ0n) is 10.7. The van der Waals surface area contributed by atoms with Crippen LogP contribution in [-0.4, -0.2) is 22.5 Å². The molecule has 0 amide bonds. The average molecular weight is 278 g/mol. The lowest BCUT2D eigenvalue weighted by Gasteiger charge is -2.16. The second kappa shape index (κ2) is 6.95. The molecular formula is C14H16ClN3O. The van der Waals surface area contributed by atoms with Gasteiger partial charge in [-0.05, 0) is 12.5 Å². The third-order valence-electron chi connectivity index (χ3n) is 2.58. The molecule has 5 heteroatoms. The quantitative estimate of drug-likeness (QED) is 0.823. The van der Waals surface area contributed by atoms with E-state index in [4.69, 9.17) is 16.3 Å². The minimum atomic E-state index is -0.0280. The van der Waals surface area contributed by atoms with E-state index in [1.54, 1.807) is 12.3 Å². The monoisotopic (exact) mass is 277 g/mol. The van der Waals surface area contributed by atoms with Gasteiger partial charge in [-0.3, -0.25) is 0 Å². The second-order valence-corrected chi connectivity index (χ2v) is 4.22. The lowest BCUT2D eigenvalue weighted by Crippen LogP contribution is -2.14. The summed E-state index contributed by atoms with van der Waals surface area (Å²) in [5.41, 5.74) is 1.10. The Labute approximate surface area is 117 Å². The molecule has 1 N–H and O–H groups in total. The number of anilines is 1. The van der Waals surface area contributed by atoms with E-state index in [0.29, 0.717) is 24.3 Å². The van der Waals surface area contributed by atoms with Crippen molar-refractivity contribution in [1.82, 2.24) is 9.97 Å². The molecule has 0 aliphatic heterocycles. The first-order valence-electron chi connectivity index (χ1n) is 6.16. The lowest BCUT2D eigenvalue weighted by atomic mass is 10.1. The summed E-state index contributed by atoms with van der Waals surface area (Å²) in [6.45, 7) is 2.49. The van der Waals surface area contributed by atoms with Gasteiger partial charge in [-0.2, -0.15) is 4.98 Å². The average Bonchev–Trinajstić information content (AvgIpc) is 2.46. The van der Waals surface area contributed by atoms with Gasteiger partial charge >= 0.3 is 0 Å². The Hall–Kier alpha value is -1.81. The van der Waals surface area contributed by atoms with Gasteiger partial charge in [-0.15, -0.1) is 11.6 Å².